The van der Waals surface area contributed by atoms with E-state index in [2.05, 4.69) is 0 Å². The van der Waals surface area contributed by atoms with E-state index < -0.39 is 0 Å². The van der Waals surface area contributed by atoms with Crippen molar-refractivity contribution >= 4 is 5.97 Å². The number of ether oxygens (including phenoxy) is 1. The molecule has 1 rings (SSSR count). The fourth-order valence-corrected chi connectivity index (χ4v) is 1.26. The molecule has 1 aromatic rings. The molecule has 0 saturated heterocycles. The Morgan fingerprint density at radius 1 is 1.33 bits per heavy atom. The van der Waals surface area contributed by atoms with Gasteiger partial charge in [0.1, 0.15) is 0 Å². The lowest BCUT2D eigenvalue weighted by molar-refractivity contribution is 0.0492. The Kier molecular flexibility index (Phi) is 4.84. The molecule has 3 nitrogen and oxygen atoms in total. The summed E-state index contributed by atoms with van der Waals surface area (Å²) in [5.74, 6) is -0.286. The van der Waals surface area contributed by atoms with Crippen LogP contribution in [-0.4, -0.2) is 24.3 Å². The van der Waals surface area contributed by atoms with Crippen LogP contribution in [0.3, 0.4) is 0 Å². The second kappa shape index (κ2) is 6.19. The summed E-state index contributed by atoms with van der Waals surface area (Å²) in [5, 5.41) is 8.55. The molecule has 0 unspecified atom stereocenters. The Bertz CT molecular complexity index is 320. The monoisotopic (exact) mass is 208 g/mol. The van der Waals surface area contributed by atoms with Crippen LogP contribution >= 0.6 is 0 Å². The van der Waals surface area contributed by atoms with E-state index in [1.54, 1.807) is 6.07 Å². The lowest BCUT2D eigenvalue weighted by Crippen LogP contribution is -2.08. The van der Waals surface area contributed by atoms with Gasteiger partial charge < -0.3 is 9.84 Å². The number of aliphatic hydroxyl groups excluding tert-OH is 1. The summed E-state index contributed by atoms with van der Waals surface area (Å²) in [4.78, 5) is 11.5. The number of hydrogen-bond acceptors (Lipinski definition) is 3. The molecule has 0 bridgehead atoms. The zero-order chi connectivity index (χ0) is 11.1. The predicted molar refractivity (Wildman–Crippen MR) is 57.8 cm³/mol. The fourth-order valence-electron chi connectivity index (χ4n) is 1.26. The normalized spacial score (nSPS) is 10.0. The van der Waals surface area contributed by atoms with Gasteiger partial charge in [0.2, 0.25) is 0 Å². The number of carbonyl (C=O) groups is 1. The Hall–Kier alpha value is -1.35. The number of aliphatic hydroxyl groups is 1. The average molecular weight is 208 g/mol. The second-order valence-corrected chi connectivity index (χ2v) is 3.38. The molecule has 0 aliphatic carbocycles. The molecule has 0 heterocycles. The van der Waals surface area contributed by atoms with Gasteiger partial charge in [-0.3, -0.25) is 0 Å². The zero-order valence-electron chi connectivity index (χ0n) is 8.90. The number of rotatable bonds is 5. The second-order valence-electron chi connectivity index (χ2n) is 3.38. The van der Waals surface area contributed by atoms with E-state index in [-0.39, 0.29) is 12.6 Å². The van der Waals surface area contributed by atoms with E-state index in [0.717, 1.165) is 5.56 Å². The van der Waals surface area contributed by atoms with Gasteiger partial charge in [-0.15, -0.1) is 0 Å². The van der Waals surface area contributed by atoms with Crippen LogP contribution in [0.15, 0.2) is 24.3 Å². The van der Waals surface area contributed by atoms with Gasteiger partial charge in [-0.25, -0.2) is 4.79 Å². The third-order valence-corrected chi connectivity index (χ3v) is 2.15. The predicted octanol–water partition coefficient (Wildman–Crippen LogP) is 1.92. The topological polar surface area (TPSA) is 46.5 Å². The van der Waals surface area contributed by atoms with Crippen molar-refractivity contribution in [3.63, 3.8) is 0 Å². The molecule has 0 aliphatic rings. The lowest BCUT2D eigenvalue weighted by Gasteiger charge is -2.06. The van der Waals surface area contributed by atoms with E-state index in [9.17, 15) is 4.79 Å². The highest BCUT2D eigenvalue weighted by Gasteiger charge is 2.08. The molecule has 3 heteroatoms. The molecule has 0 saturated carbocycles. The van der Waals surface area contributed by atoms with Gasteiger partial charge in [0.25, 0.3) is 0 Å². The zero-order valence-corrected chi connectivity index (χ0v) is 8.90. The van der Waals surface area contributed by atoms with Crippen LogP contribution in [0.25, 0.3) is 0 Å². The van der Waals surface area contributed by atoms with E-state index in [4.69, 9.17) is 9.84 Å². The summed E-state index contributed by atoms with van der Waals surface area (Å²) in [7, 11) is 0. The van der Waals surface area contributed by atoms with Crippen molar-refractivity contribution in [2.45, 2.75) is 19.8 Å². The molecule has 1 aromatic carbocycles. The van der Waals surface area contributed by atoms with E-state index in [1.165, 1.54) is 0 Å². The summed E-state index contributed by atoms with van der Waals surface area (Å²) < 4.78 is 5.06. The van der Waals surface area contributed by atoms with Crippen LogP contribution in [0.2, 0.25) is 0 Å². The molecule has 1 N–H and O–H groups in total. The van der Waals surface area contributed by atoms with E-state index in [1.807, 2.05) is 25.1 Å². The van der Waals surface area contributed by atoms with Gasteiger partial charge in [-0.2, -0.15) is 0 Å². The van der Waals surface area contributed by atoms with Crippen LogP contribution in [-0.2, 0) is 4.74 Å². The first kappa shape index (κ1) is 11.7. The number of aryl methyl sites for hydroxylation is 1. The summed E-state index contributed by atoms with van der Waals surface area (Å²) in [5.41, 5.74) is 1.53. The minimum atomic E-state index is -0.286. The van der Waals surface area contributed by atoms with Crippen LogP contribution in [0.4, 0.5) is 0 Å². The van der Waals surface area contributed by atoms with Gasteiger partial charge in [0, 0.05) is 6.61 Å². The minimum Gasteiger partial charge on any atom is -0.462 e. The summed E-state index contributed by atoms with van der Waals surface area (Å²) in [6.07, 6.45) is 1.37. The van der Waals surface area contributed by atoms with Crippen LogP contribution in [0, 0.1) is 6.92 Å². The summed E-state index contributed by atoms with van der Waals surface area (Å²) >= 11 is 0. The molecule has 0 amide bonds. The van der Waals surface area contributed by atoms with Crippen molar-refractivity contribution in [2.24, 2.45) is 0 Å². The van der Waals surface area contributed by atoms with E-state index in [0.29, 0.717) is 25.0 Å². The highest BCUT2D eigenvalue weighted by molar-refractivity contribution is 5.90. The highest BCUT2D eigenvalue weighted by atomic mass is 16.5. The number of unbranched alkanes of at least 4 members (excludes halogenated alkanes) is 1. The molecular weight excluding hydrogens is 192 g/mol. The van der Waals surface area contributed by atoms with Gasteiger partial charge in [0.05, 0.1) is 12.2 Å². The molecule has 0 aliphatic heterocycles. The number of esters is 1. The van der Waals surface area contributed by atoms with Gasteiger partial charge in [-0.05, 0) is 31.4 Å². The first-order chi connectivity index (χ1) is 7.25. The third kappa shape index (κ3) is 3.72. The maximum absolute atomic E-state index is 11.5. The molecule has 0 atom stereocenters. The fraction of sp³-hybridized carbons (Fsp3) is 0.417. The van der Waals surface area contributed by atoms with Crippen molar-refractivity contribution in [1.82, 2.24) is 0 Å². The Labute approximate surface area is 89.7 Å². The quantitative estimate of drug-likeness (QED) is 0.594. The van der Waals surface area contributed by atoms with Gasteiger partial charge in [0.15, 0.2) is 0 Å². The smallest absolute Gasteiger partial charge is 0.338 e. The minimum absolute atomic E-state index is 0.141. The maximum Gasteiger partial charge on any atom is 0.338 e. The SMILES string of the molecule is Cc1ccccc1C(=O)OCCCCO. The molecule has 0 fully saturated rings. The highest BCUT2D eigenvalue weighted by Crippen LogP contribution is 2.08. The Balaban J connectivity index is 2.44. The van der Waals surface area contributed by atoms with Crippen molar-refractivity contribution in [3.8, 4) is 0 Å². The molecule has 0 aromatic heterocycles. The van der Waals surface area contributed by atoms with Crippen molar-refractivity contribution in [1.29, 1.82) is 0 Å². The largest absolute Gasteiger partial charge is 0.462 e. The first-order valence-electron chi connectivity index (χ1n) is 5.09. The number of hydrogen-bond donors (Lipinski definition) is 1. The molecule has 0 spiro atoms. The van der Waals surface area contributed by atoms with Gasteiger partial charge in [-0.1, -0.05) is 18.2 Å². The lowest BCUT2D eigenvalue weighted by atomic mass is 10.1. The Morgan fingerprint density at radius 2 is 2.07 bits per heavy atom. The van der Waals surface area contributed by atoms with Gasteiger partial charge >= 0.3 is 5.97 Å². The van der Waals surface area contributed by atoms with Crippen molar-refractivity contribution in [2.75, 3.05) is 13.2 Å². The Morgan fingerprint density at radius 3 is 2.73 bits per heavy atom. The third-order valence-electron chi connectivity index (χ3n) is 2.15. The van der Waals surface area contributed by atoms with Crippen LogP contribution in [0.5, 0.6) is 0 Å². The van der Waals surface area contributed by atoms with E-state index >= 15 is 0 Å². The van der Waals surface area contributed by atoms with Crippen molar-refractivity contribution in [3.05, 3.63) is 35.4 Å². The van der Waals surface area contributed by atoms with Crippen LogP contribution < -0.4 is 0 Å². The standard InChI is InChI=1S/C12H16O3/c1-10-6-2-3-7-11(10)12(14)15-9-5-4-8-13/h2-3,6-7,13H,4-5,8-9H2,1H3. The molecule has 0 radical (unpaired) electrons. The number of carbonyl (C=O) groups excluding carboxylic acids is 1. The summed E-state index contributed by atoms with van der Waals surface area (Å²) in [6.45, 7) is 2.39. The molecular formula is C12H16O3. The molecule has 15 heavy (non-hydrogen) atoms. The van der Waals surface area contributed by atoms with Crippen LogP contribution in [0.1, 0.15) is 28.8 Å². The number of benzene rings is 1. The van der Waals surface area contributed by atoms with Crippen molar-refractivity contribution < 1.29 is 14.6 Å². The maximum atomic E-state index is 11.5. The summed E-state index contributed by atoms with van der Waals surface area (Å²) in [6, 6.07) is 7.34. The molecule has 82 valence electrons. The average Bonchev–Trinajstić information content (AvgIpc) is 2.25. The first-order valence-corrected chi connectivity index (χ1v) is 5.09.